The van der Waals surface area contributed by atoms with Crippen LogP contribution in [0, 0.1) is 0 Å². The van der Waals surface area contributed by atoms with Gasteiger partial charge < -0.3 is 47.4 Å². The van der Waals surface area contributed by atoms with Crippen molar-refractivity contribution in [1.29, 1.82) is 2.86 Å². The Kier molecular flexibility index (Phi) is 9.58. The van der Waals surface area contributed by atoms with E-state index in [4.69, 9.17) is 58.3 Å². The Hall–Kier alpha value is 0.955. The molecular weight excluding hydrogens is 432 g/mol. The normalized spacial score (nSPS) is 45.5. The lowest BCUT2D eigenvalue weighted by atomic mass is 9.94. The van der Waals surface area contributed by atoms with Gasteiger partial charge in [0.2, 0.25) is 2.86 Å². The molecule has 7 unspecified atom stereocenters. The molecule has 0 amide bonds. The van der Waals surface area contributed by atoms with Crippen LogP contribution in [0.25, 0.3) is 0 Å². The molecule has 2 fully saturated rings. The van der Waals surface area contributed by atoms with Crippen LogP contribution in [-0.4, -0.2) is 103 Å². The van der Waals surface area contributed by atoms with E-state index in [1.807, 2.05) is 0 Å². The van der Waals surface area contributed by atoms with E-state index in [2.05, 4.69) is 28.4 Å². The fourth-order valence-corrected chi connectivity index (χ4v) is 4.14. The molecule has 14 heteroatoms. The summed E-state index contributed by atoms with van der Waals surface area (Å²) >= 11 is 0. The zero-order valence-corrected chi connectivity index (χ0v) is 19.0. The molecule has 0 aromatic rings. The summed E-state index contributed by atoms with van der Waals surface area (Å²) < 4.78 is 59.2. The van der Waals surface area contributed by atoms with E-state index in [0.717, 1.165) is 0 Å². The minimum Gasteiger partial charge on any atom is -0.440 e. The summed E-state index contributed by atoms with van der Waals surface area (Å²) in [6.07, 6.45) is -7.73. The lowest BCUT2D eigenvalue weighted by Gasteiger charge is -2.48. The Bertz CT molecular complexity index is 507. The first-order valence-electron chi connectivity index (χ1n) is 9.40. The van der Waals surface area contributed by atoms with Gasteiger partial charge in [-0.25, -0.2) is 0 Å². The van der Waals surface area contributed by atoms with Crippen molar-refractivity contribution in [2.45, 2.75) is 68.1 Å². The molecule has 162 valence electrons. The number of methoxy groups -OCH3 is 1. The van der Waals surface area contributed by atoms with Crippen molar-refractivity contribution in [3.63, 3.8) is 0 Å². The third-order valence-corrected chi connectivity index (χ3v) is 5.56. The summed E-state index contributed by atoms with van der Waals surface area (Å²) in [6.45, 7) is 1.99. The van der Waals surface area contributed by atoms with Crippen molar-refractivity contribution in [2.24, 2.45) is 0 Å². The fourth-order valence-electron chi connectivity index (χ4n) is 3.45. The number of hydrogen-bond acceptors (Lipinski definition) is 10. The third-order valence-electron chi connectivity index (χ3n) is 4.86. The van der Waals surface area contributed by atoms with Gasteiger partial charge in [-0.2, -0.15) is 0 Å². The predicted octanol–water partition coefficient (Wildman–Crippen LogP) is -1.12. The summed E-state index contributed by atoms with van der Waals surface area (Å²) in [4.78, 5) is 0. The molecule has 2 saturated heterocycles. The van der Waals surface area contributed by atoms with Gasteiger partial charge in [-0.3, -0.25) is 0 Å². The number of aliphatic hydroxyl groups excluding tert-OH is 2. The molecule has 10 nitrogen and oxygen atoms in total. The Morgan fingerprint density at radius 1 is 0.964 bits per heavy atom. The lowest BCUT2D eigenvalue weighted by Crippen LogP contribution is -2.64. The van der Waals surface area contributed by atoms with E-state index in [1.165, 1.54) is 7.11 Å². The predicted molar refractivity (Wildman–Crippen MR) is 107 cm³/mol. The number of hydrogen-bond donors (Lipinski definition) is 2. The van der Waals surface area contributed by atoms with E-state index in [1.54, 1.807) is 6.92 Å². The largest absolute Gasteiger partial charge is 0.440 e. The second kappa shape index (κ2) is 12.1. The van der Waals surface area contributed by atoms with Crippen LogP contribution < -0.4 is 0 Å². The van der Waals surface area contributed by atoms with Crippen molar-refractivity contribution in [2.75, 3.05) is 20.3 Å². The van der Waals surface area contributed by atoms with Gasteiger partial charge in [0.1, 0.15) is 42.7 Å². The van der Waals surface area contributed by atoms with Crippen LogP contribution in [0.1, 0.15) is 6.92 Å². The van der Waals surface area contributed by atoms with Gasteiger partial charge in [-0.05, 0) is 6.92 Å². The smallest absolute Gasteiger partial charge is 0.283 e. The monoisotopic (exact) mass is 462 g/mol. The highest BCUT2D eigenvalue weighted by molar-refractivity contribution is 7.10. The Morgan fingerprint density at radius 2 is 1.61 bits per heavy atom. The maximum Gasteiger partial charge on any atom is 0.283 e. The van der Waals surface area contributed by atoms with E-state index >= 15 is 0 Å². The standard InChI is InChI=1S/C14H28BO10P3/c1-5-8(16)13(25-28)10(6(21-5)3-19-26)23-14-9(17)12(18-2)11(24-15)7(22-14)4-20-27/h5-14,16-17H,3-4,26-28H2,1-2H3/t5?,6?,7?,8-,9+,10-,11+,12+,13-,14?/m1/s1/i16D,17D. The molecular formula is C14H28BO10P3. The third kappa shape index (κ3) is 5.60. The van der Waals surface area contributed by atoms with Gasteiger partial charge >= 0.3 is 0 Å². The molecule has 28 heavy (non-hydrogen) atoms. The summed E-state index contributed by atoms with van der Waals surface area (Å²) in [5.74, 6) is 0. The van der Waals surface area contributed by atoms with Crippen LogP contribution in [0.5, 0.6) is 0 Å². The Morgan fingerprint density at radius 3 is 2.11 bits per heavy atom. The van der Waals surface area contributed by atoms with Gasteiger partial charge in [-0.1, -0.05) is 0 Å². The van der Waals surface area contributed by atoms with E-state index in [9.17, 15) is 0 Å². The van der Waals surface area contributed by atoms with E-state index in [0.29, 0.717) is 0 Å². The van der Waals surface area contributed by atoms with Crippen molar-refractivity contribution in [3.05, 3.63) is 0 Å². The lowest BCUT2D eigenvalue weighted by molar-refractivity contribution is -0.337. The van der Waals surface area contributed by atoms with Crippen molar-refractivity contribution >= 4 is 36.4 Å². The van der Waals surface area contributed by atoms with Crippen LogP contribution >= 0.6 is 28.4 Å². The molecule has 0 spiro atoms. The number of ether oxygens (including phenoxy) is 4. The zero-order valence-electron chi connectivity index (χ0n) is 17.6. The van der Waals surface area contributed by atoms with Crippen molar-refractivity contribution < 1.29 is 47.4 Å². The topological polar surface area (TPSA) is 114 Å². The van der Waals surface area contributed by atoms with Crippen molar-refractivity contribution in [1.82, 2.24) is 0 Å². The molecule has 2 aliphatic rings. The average Bonchev–Trinajstić information content (AvgIpc) is 2.74. The van der Waals surface area contributed by atoms with E-state index < -0.39 is 61.2 Å². The molecule has 0 aromatic heterocycles. The second-order valence-electron chi connectivity index (χ2n) is 6.52. The summed E-state index contributed by atoms with van der Waals surface area (Å²) in [7, 11) is 13.2. The van der Waals surface area contributed by atoms with Gasteiger partial charge in [0, 0.05) is 35.5 Å². The van der Waals surface area contributed by atoms with Crippen LogP contribution in [0.2, 0.25) is 0 Å². The molecule has 2 radical (unpaired) electrons. The first-order valence-corrected chi connectivity index (χ1v) is 10.00. The molecule has 0 aromatic carbocycles. The van der Waals surface area contributed by atoms with Crippen LogP contribution in [0.15, 0.2) is 0 Å². The highest BCUT2D eigenvalue weighted by Gasteiger charge is 2.51. The van der Waals surface area contributed by atoms with E-state index in [-0.39, 0.29) is 13.2 Å². The maximum absolute atomic E-state index is 7.52. The van der Waals surface area contributed by atoms with Gasteiger partial charge in [0.25, 0.3) is 8.05 Å². The quantitative estimate of drug-likeness (QED) is 0.289. The summed E-state index contributed by atoms with van der Waals surface area (Å²) in [6, 6.07) is 0. The van der Waals surface area contributed by atoms with Gasteiger partial charge in [0.05, 0.1) is 25.4 Å². The molecule has 0 bridgehead atoms. The number of rotatable bonds is 11. The van der Waals surface area contributed by atoms with Gasteiger partial charge in [0.15, 0.2) is 6.29 Å². The molecule has 2 N–H and O–H groups in total. The zero-order chi connectivity index (χ0) is 22.3. The minimum atomic E-state index is -1.10. The van der Waals surface area contributed by atoms with Crippen LogP contribution in [0.4, 0.5) is 0 Å². The second-order valence-corrected chi connectivity index (χ2v) is 7.46. The summed E-state index contributed by atoms with van der Waals surface area (Å²) in [5.41, 5.74) is 0. The Labute approximate surface area is 175 Å². The number of aliphatic hydroxyl groups is 2. The van der Waals surface area contributed by atoms with Crippen LogP contribution in [0.3, 0.4) is 0 Å². The molecule has 2 heterocycles. The highest BCUT2D eigenvalue weighted by Crippen LogP contribution is 2.33. The first-order chi connectivity index (χ1) is 14.5. The molecule has 2 aliphatic heterocycles. The molecule has 13 atom stereocenters. The first kappa shape index (κ1) is 22.2. The average molecular weight is 462 g/mol. The molecule has 0 aliphatic carbocycles. The maximum atomic E-state index is 7.52. The van der Waals surface area contributed by atoms with Crippen LogP contribution in [-0.2, 0) is 37.2 Å². The minimum absolute atomic E-state index is 0.0926. The van der Waals surface area contributed by atoms with Gasteiger partial charge in [-0.15, -0.1) is 0 Å². The SMILES string of the molecule is [2H]O[C@@H]1C(C)OC(COP)[C@@H](OC2OC(COP)[C@H](O[B])[C@@H](OC)[C@@H]2O[2H])[C@@H]1OP. The highest BCUT2D eigenvalue weighted by atomic mass is 31.0. The molecule has 0 saturated carbocycles. The Balaban J connectivity index is 2.31. The summed E-state index contributed by atoms with van der Waals surface area (Å²) in [5, 5.41) is 9.66. The molecule has 2 rings (SSSR count). The van der Waals surface area contributed by atoms with Crippen molar-refractivity contribution in [3.8, 4) is 0 Å². The fraction of sp³-hybridized carbons (Fsp3) is 1.00.